The molecule has 148 valence electrons. The number of halogens is 2. The molecular weight excluding hydrogens is 464 g/mol. The quantitative estimate of drug-likeness (QED) is 0.546. The first kappa shape index (κ1) is 21.0. The summed E-state index contributed by atoms with van der Waals surface area (Å²) in [4.78, 5) is 26.9. The van der Waals surface area contributed by atoms with E-state index in [-0.39, 0.29) is 25.5 Å². The Balaban J connectivity index is 0.00000225. The van der Waals surface area contributed by atoms with Gasteiger partial charge in [-0.1, -0.05) is 11.6 Å². The predicted octanol–water partition coefficient (Wildman–Crippen LogP) is 4.76. The van der Waals surface area contributed by atoms with Crippen molar-refractivity contribution in [3.63, 3.8) is 0 Å². The number of rotatable bonds is 3. The molecule has 1 atom stereocenters. The number of aliphatic carboxylic acids is 1. The molecule has 0 aliphatic carbocycles. The molecule has 0 saturated carbocycles. The Morgan fingerprint density at radius 3 is 2.64 bits per heavy atom. The van der Waals surface area contributed by atoms with Crippen molar-refractivity contribution in [1.82, 2.24) is 4.57 Å². The molecule has 2 aromatic carbocycles. The highest BCUT2D eigenvalue weighted by Gasteiger charge is 2.22. The Morgan fingerprint density at radius 1 is 1.29 bits per heavy atom. The van der Waals surface area contributed by atoms with Gasteiger partial charge in [-0.3, -0.25) is 9.59 Å². The fourth-order valence-electron chi connectivity index (χ4n) is 3.98. The van der Waals surface area contributed by atoms with Gasteiger partial charge in [0.25, 0.3) is 0 Å². The Labute approximate surface area is 182 Å². The van der Waals surface area contributed by atoms with Crippen LogP contribution in [0.25, 0.3) is 21.8 Å². The Bertz CT molecular complexity index is 1150. The van der Waals surface area contributed by atoms with Crippen molar-refractivity contribution in [3.8, 4) is 0 Å². The van der Waals surface area contributed by atoms with Gasteiger partial charge in [-0.25, -0.2) is 0 Å². The summed E-state index contributed by atoms with van der Waals surface area (Å²) >= 11 is 9.68. The number of carboxylic acid groups (broad SMARTS) is 1. The maximum atomic E-state index is 13.0. The van der Waals surface area contributed by atoms with E-state index in [2.05, 4.69) is 27.8 Å². The zero-order chi connectivity index (χ0) is 19.3. The predicted molar refractivity (Wildman–Crippen MR) is 122 cm³/mol. The third-order valence-corrected chi connectivity index (χ3v) is 6.62. The van der Waals surface area contributed by atoms with Crippen LogP contribution in [0.2, 0.25) is 5.02 Å². The minimum atomic E-state index is -0.979. The minimum Gasteiger partial charge on any atom is -0.480 e. The Hall–Kier alpha value is -1.70. The molecule has 1 saturated heterocycles. The highest BCUT2D eigenvalue weighted by Crippen LogP contribution is 2.34. The molecule has 2 heterocycles. The Kier molecular flexibility index (Phi) is 5.98. The van der Waals surface area contributed by atoms with Gasteiger partial charge in [0.05, 0.1) is 20.5 Å². The molecule has 28 heavy (non-hydrogen) atoms. The highest BCUT2D eigenvalue weighted by molar-refractivity contribution is 9.10. The topological polar surface area (TPSA) is 62.5 Å². The zero-order valence-corrected chi connectivity index (χ0v) is 18.5. The standard InChI is InChI=1S/C20H18BrClN2O3.H2S/c1-11-3-2-8-23(11)12-4-5-13-16(9-12)24(10-17(25)26)19-14(20(13)27)6-7-15(22)18(19)21;/h4-7,9,11H,2-3,8,10H2,1H3,(H,25,26);1H2/t11-;/m0./s1. The van der Waals surface area contributed by atoms with Crippen LogP contribution in [-0.4, -0.2) is 28.2 Å². The lowest BCUT2D eigenvalue weighted by molar-refractivity contribution is -0.137. The number of pyridine rings is 1. The van der Waals surface area contributed by atoms with E-state index in [1.165, 1.54) is 0 Å². The van der Waals surface area contributed by atoms with E-state index in [0.29, 0.717) is 37.3 Å². The van der Waals surface area contributed by atoms with E-state index in [4.69, 9.17) is 11.6 Å². The number of hydrogen-bond donors (Lipinski definition) is 1. The van der Waals surface area contributed by atoms with Gasteiger partial charge in [0.1, 0.15) is 6.54 Å². The summed E-state index contributed by atoms with van der Waals surface area (Å²) in [5.41, 5.74) is 1.99. The monoisotopic (exact) mass is 482 g/mol. The van der Waals surface area contributed by atoms with Gasteiger partial charge in [-0.15, -0.1) is 0 Å². The molecule has 1 fully saturated rings. The number of anilines is 1. The molecule has 5 nitrogen and oxygen atoms in total. The van der Waals surface area contributed by atoms with Crippen LogP contribution < -0.4 is 10.3 Å². The van der Waals surface area contributed by atoms with Crippen LogP contribution in [0.4, 0.5) is 5.69 Å². The first-order valence-corrected chi connectivity index (χ1v) is 9.98. The molecule has 1 N–H and O–H groups in total. The van der Waals surface area contributed by atoms with Crippen molar-refractivity contribution < 1.29 is 9.90 Å². The molecule has 3 aromatic rings. The average molecular weight is 484 g/mol. The number of hydrogen-bond acceptors (Lipinski definition) is 3. The lowest BCUT2D eigenvalue weighted by Crippen LogP contribution is -2.26. The van der Waals surface area contributed by atoms with E-state index in [0.717, 1.165) is 25.1 Å². The van der Waals surface area contributed by atoms with Crippen molar-refractivity contribution in [2.24, 2.45) is 0 Å². The first-order valence-electron chi connectivity index (χ1n) is 8.81. The molecule has 0 amide bonds. The van der Waals surface area contributed by atoms with E-state index in [9.17, 15) is 14.7 Å². The second-order valence-corrected chi connectivity index (χ2v) is 8.15. The van der Waals surface area contributed by atoms with Gasteiger partial charge in [0, 0.05) is 29.0 Å². The van der Waals surface area contributed by atoms with Gasteiger partial charge in [0.15, 0.2) is 5.43 Å². The number of nitrogens with zero attached hydrogens (tertiary/aromatic N) is 2. The maximum absolute atomic E-state index is 13.0. The van der Waals surface area contributed by atoms with Crippen LogP contribution >= 0.6 is 41.0 Å². The number of benzene rings is 2. The van der Waals surface area contributed by atoms with E-state index >= 15 is 0 Å². The van der Waals surface area contributed by atoms with Crippen LogP contribution in [0.1, 0.15) is 19.8 Å². The summed E-state index contributed by atoms with van der Waals surface area (Å²) in [6.07, 6.45) is 2.25. The molecular formula is C20H20BrClN2O3S. The number of aromatic nitrogens is 1. The molecule has 8 heteroatoms. The van der Waals surface area contributed by atoms with Crippen LogP contribution in [0.3, 0.4) is 0 Å². The lowest BCUT2D eigenvalue weighted by atomic mass is 10.1. The van der Waals surface area contributed by atoms with Gasteiger partial charge in [-0.05, 0) is 66.0 Å². The fraction of sp³-hybridized carbons (Fsp3) is 0.300. The highest BCUT2D eigenvalue weighted by atomic mass is 79.9. The van der Waals surface area contributed by atoms with Crippen molar-refractivity contribution in [3.05, 3.63) is 50.1 Å². The van der Waals surface area contributed by atoms with Crippen LogP contribution in [0.5, 0.6) is 0 Å². The minimum absolute atomic E-state index is 0. The number of carbonyl (C=O) groups is 1. The fourth-order valence-corrected chi connectivity index (χ4v) is 4.70. The van der Waals surface area contributed by atoms with Crippen molar-refractivity contribution in [2.45, 2.75) is 32.4 Å². The Morgan fingerprint density at radius 2 is 2.00 bits per heavy atom. The molecule has 0 unspecified atom stereocenters. The molecule has 1 aromatic heterocycles. The zero-order valence-electron chi connectivity index (χ0n) is 15.2. The average Bonchev–Trinajstić information content (AvgIpc) is 3.06. The van der Waals surface area contributed by atoms with E-state index in [1.54, 1.807) is 22.8 Å². The smallest absolute Gasteiger partial charge is 0.323 e. The van der Waals surface area contributed by atoms with Crippen molar-refractivity contribution >= 4 is 74.5 Å². The van der Waals surface area contributed by atoms with Crippen LogP contribution in [-0.2, 0) is 11.3 Å². The third-order valence-electron chi connectivity index (χ3n) is 5.28. The van der Waals surface area contributed by atoms with Crippen LogP contribution in [0, 0.1) is 0 Å². The summed E-state index contributed by atoms with van der Waals surface area (Å²) in [6.45, 7) is 2.88. The maximum Gasteiger partial charge on any atom is 0.323 e. The van der Waals surface area contributed by atoms with E-state index < -0.39 is 5.97 Å². The summed E-state index contributed by atoms with van der Waals surface area (Å²) in [7, 11) is 0. The molecule has 0 radical (unpaired) electrons. The summed E-state index contributed by atoms with van der Waals surface area (Å²) in [6, 6.07) is 9.40. The van der Waals surface area contributed by atoms with E-state index in [1.807, 2.05) is 12.1 Å². The van der Waals surface area contributed by atoms with Gasteiger partial charge >= 0.3 is 5.97 Å². The molecule has 0 bridgehead atoms. The van der Waals surface area contributed by atoms with Gasteiger partial charge in [-0.2, -0.15) is 13.5 Å². The largest absolute Gasteiger partial charge is 0.480 e. The molecule has 0 spiro atoms. The first-order chi connectivity index (χ1) is 12.9. The summed E-state index contributed by atoms with van der Waals surface area (Å²) in [5.74, 6) is -0.979. The SMILES string of the molecule is C[C@H]1CCCN1c1ccc2c(=O)c3ccc(Cl)c(Br)c3n(CC(=O)O)c2c1.S. The second-order valence-electron chi connectivity index (χ2n) is 6.95. The molecule has 4 rings (SSSR count). The van der Waals surface area contributed by atoms with Crippen LogP contribution in [0.15, 0.2) is 39.6 Å². The lowest BCUT2D eigenvalue weighted by Gasteiger charge is -2.25. The number of fused-ring (bicyclic) bond motifs is 2. The second kappa shape index (κ2) is 7.97. The summed E-state index contributed by atoms with van der Waals surface area (Å²) < 4.78 is 2.19. The van der Waals surface area contributed by atoms with Gasteiger partial charge in [0.2, 0.25) is 0 Å². The summed E-state index contributed by atoms with van der Waals surface area (Å²) in [5, 5.41) is 10.9. The number of carboxylic acids is 1. The third kappa shape index (κ3) is 3.40. The van der Waals surface area contributed by atoms with Gasteiger partial charge < -0.3 is 14.6 Å². The molecule has 1 aliphatic rings. The van der Waals surface area contributed by atoms with Crippen molar-refractivity contribution in [2.75, 3.05) is 11.4 Å². The van der Waals surface area contributed by atoms with Crippen molar-refractivity contribution in [1.29, 1.82) is 0 Å². The molecule has 1 aliphatic heterocycles. The normalized spacial score (nSPS) is 16.5.